The van der Waals surface area contributed by atoms with Gasteiger partial charge in [0, 0.05) is 12.0 Å². The zero-order chi connectivity index (χ0) is 16.8. The quantitative estimate of drug-likeness (QED) is 0.605. The molecule has 0 atom stereocenters. The van der Waals surface area contributed by atoms with E-state index >= 15 is 0 Å². The molecule has 0 bridgehead atoms. The Kier molecular flexibility index (Phi) is 6.19. The van der Waals surface area contributed by atoms with Crippen LogP contribution < -0.4 is 9.47 Å². The average Bonchev–Trinajstić information content (AvgIpc) is 2.54. The first-order valence-corrected chi connectivity index (χ1v) is 8.15. The Morgan fingerprint density at radius 1 is 1.22 bits per heavy atom. The number of aliphatic hydroxyl groups excluding tert-OH is 1. The summed E-state index contributed by atoms with van der Waals surface area (Å²) in [4.78, 5) is 11.6. The number of hydrogen-bond acceptors (Lipinski definition) is 4. The first-order valence-electron chi connectivity index (χ1n) is 7.36. The van der Waals surface area contributed by atoms with Gasteiger partial charge in [-0.15, -0.1) is 0 Å². The summed E-state index contributed by atoms with van der Waals surface area (Å²) in [7, 11) is 0. The number of ether oxygens (including phenoxy) is 2. The van der Waals surface area contributed by atoms with E-state index in [2.05, 4.69) is 15.9 Å². The van der Waals surface area contributed by atoms with Crippen LogP contribution in [0.5, 0.6) is 11.5 Å². The third-order valence-electron chi connectivity index (χ3n) is 3.37. The normalized spacial score (nSPS) is 10.4. The molecule has 5 heteroatoms. The molecule has 2 rings (SSSR count). The molecule has 0 aliphatic heterocycles. The summed E-state index contributed by atoms with van der Waals surface area (Å²) < 4.78 is 12.0. The number of halogens is 1. The minimum absolute atomic E-state index is 0.148. The molecule has 0 fully saturated rings. The third-order valence-corrected chi connectivity index (χ3v) is 3.99. The number of esters is 1. The molecule has 1 N–H and O–H groups in total. The SMILES string of the molecule is CCC(=O)Oc1cccc(CO)c1COc1ccc(C)cc1Br. The van der Waals surface area contributed by atoms with E-state index in [1.165, 1.54) is 0 Å². The van der Waals surface area contributed by atoms with Crippen LogP contribution in [-0.4, -0.2) is 11.1 Å². The fourth-order valence-corrected chi connectivity index (χ4v) is 2.69. The first-order chi connectivity index (χ1) is 11.0. The Hall–Kier alpha value is -1.85. The van der Waals surface area contributed by atoms with Gasteiger partial charge in [-0.1, -0.05) is 25.1 Å². The standard InChI is InChI=1S/C18H19BrO4/c1-3-18(21)23-16-6-4-5-13(10-20)14(16)11-22-17-8-7-12(2)9-15(17)19/h4-9,20H,3,10-11H2,1-2H3. The van der Waals surface area contributed by atoms with Crippen molar-refractivity contribution >= 4 is 21.9 Å². The molecular formula is C18H19BrO4. The lowest BCUT2D eigenvalue weighted by atomic mass is 10.1. The smallest absolute Gasteiger partial charge is 0.310 e. The van der Waals surface area contributed by atoms with Crippen LogP contribution in [0.3, 0.4) is 0 Å². The van der Waals surface area contributed by atoms with E-state index in [4.69, 9.17) is 9.47 Å². The lowest BCUT2D eigenvalue weighted by Crippen LogP contribution is -2.10. The highest BCUT2D eigenvalue weighted by atomic mass is 79.9. The maximum Gasteiger partial charge on any atom is 0.310 e. The number of carbonyl (C=O) groups is 1. The summed E-state index contributed by atoms with van der Waals surface area (Å²) in [5.41, 5.74) is 2.47. The van der Waals surface area contributed by atoms with Gasteiger partial charge in [-0.25, -0.2) is 0 Å². The van der Waals surface area contributed by atoms with Crippen molar-refractivity contribution in [2.45, 2.75) is 33.5 Å². The van der Waals surface area contributed by atoms with E-state index in [9.17, 15) is 9.90 Å². The van der Waals surface area contributed by atoms with Gasteiger partial charge in [0.2, 0.25) is 0 Å². The summed E-state index contributed by atoms with van der Waals surface area (Å²) in [5.74, 6) is 0.792. The molecule has 122 valence electrons. The highest BCUT2D eigenvalue weighted by molar-refractivity contribution is 9.10. The third kappa shape index (κ3) is 4.56. The number of hydrogen-bond donors (Lipinski definition) is 1. The molecule has 0 saturated heterocycles. The summed E-state index contributed by atoms with van der Waals surface area (Å²) in [5, 5.41) is 9.52. The summed E-state index contributed by atoms with van der Waals surface area (Å²) in [6.07, 6.45) is 0.285. The summed E-state index contributed by atoms with van der Waals surface area (Å²) in [6, 6.07) is 11.0. The fraction of sp³-hybridized carbons (Fsp3) is 0.278. The Morgan fingerprint density at radius 2 is 2.00 bits per heavy atom. The van der Waals surface area contributed by atoms with Crippen molar-refractivity contribution < 1.29 is 19.4 Å². The van der Waals surface area contributed by atoms with Crippen LogP contribution in [0.25, 0.3) is 0 Å². The predicted octanol–water partition coefficient (Wildman–Crippen LogP) is 4.14. The lowest BCUT2D eigenvalue weighted by Gasteiger charge is -2.15. The molecule has 23 heavy (non-hydrogen) atoms. The molecular weight excluding hydrogens is 360 g/mol. The minimum atomic E-state index is -0.321. The molecule has 0 spiro atoms. The molecule has 0 radical (unpaired) electrons. The fourth-order valence-electron chi connectivity index (χ4n) is 2.09. The second kappa shape index (κ2) is 8.13. The van der Waals surface area contributed by atoms with Gasteiger partial charge >= 0.3 is 5.97 Å². The first kappa shape index (κ1) is 17.5. The molecule has 0 unspecified atom stereocenters. The monoisotopic (exact) mass is 378 g/mol. The van der Waals surface area contributed by atoms with Crippen LogP contribution in [-0.2, 0) is 18.0 Å². The lowest BCUT2D eigenvalue weighted by molar-refractivity contribution is -0.134. The highest BCUT2D eigenvalue weighted by Crippen LogP contribution is 2.29. The number of rotatable bonds is 6. The average molecular weight is 379 g/mol. The number of aliphatic hydroxyl groups is 1. The van der Waals surface area contributed by atoms with E-state index in [1.807, 2.05) is 25.1 Å². The van der Waals surface area contributed by atoms with Crippen LogP contribution >= 0.6 is 15.9 Å². The second-order valence-electron chi connectivity index (χ2n) is 5.10. The Bertz CT molecular complexity index is 697. The van der Waals surface area contributed by atoms with Gasteiger partial charge in [-0.3, -0.25) is 4.79 Å². The van der Waals surface area contributed by atoms with Gasteiger partial charge in [-0.05, 0) is 52.2 Å². The summed E-state index contributed by atoms with van der Waals surface area (Å²) in [6.45, 7) is 3.78. The largest absolute Gasteiger partial charge is 0.488 e. The molecule has 0 aliphatic carbocycles. The highest BCUT2D eigenvalue weighted by Gasteiger charge is 2.13. The molecule has 2 aromatic carbocycles. The molecule has 4 nitrogen and oxygen atoms in total. The second-order valence-corrected chi connectivity index (χ2v) is 5.96. The van der Waals surface area contributed by atoms with Crippen molar-refractivity contribution in [3.8, 4) is 11.5 Å². The minimum Gasteiger partial charge on any atom is -0.488 e. The van der Waals surface area contributed by atoms with E-state index in [0.29, 0.717) is 22.6 Å². The van der Waals surface area contributed by atoms with Crippen molar-refractivity contribution in [1.82, 2.24) is 0 Å². The molecule has 0 saturated carbocycles. The Morgan fingerprint density at radius 3 is 2.65 bits per heavy atom. The van der Waals surface area contributed by atoms with Crippen LogP contribution in [0.1, 0.15) is 30.0 Å². The summed E-state index contributed by atoms with van der Waals surface area (Å²) >= 11 is 3.47. The Balaban J connectivity index is 2.24. The molecule has 0 heterocycles. The molecule has 0 aromatic heterocycles. The maximum absolute atomic E-state index is 11.6. The maximum atomic E-state index is 11.6. The van der Waals surface area contributed by atoms with Crippen molar-refractivity contribution in [3.05, 3.63) is 57.6 Å². The zero-order valence-electron chi connectivity index (χ0n) is 13.1. The topological polar surface area (TPSA) is 55.8 Å². The van der Waals surface area contributed by atoms with Crippen molar-refractivity contribution in [2.24, 2.45) is 0 Å². The van der Waals surface area contributed by atoms with Crippen molar-refractivity contribution in [3.63, 3.8) is 0 Å². The van der Waals surface area contributed by atoms with Crippen LogP contribution in [0.2, 0.25) is 0 Å². The van der Waals surface area contributed by atoms with Gasteiger partial charge in [0.25, 0.3) is 0 Å². The van der Waals surface area contributed by atoms with Gasteiger partial charge in [0.05, 0.1) is 11.1 Å². The van der Waals surface area contributed by atoms with Crippen LogP contribution in [0.15, 0.2) is 40.9 Å². The number of aryl methyl sites for hydroxylation is 1. The van der Waals surface area contributed by atoms with E-state index < -0.39 is 0 Å². The van der Waals surface area contributed by atoms with Crippen LogP contribution in [0.4, 0.5) is 0 Å². The van der Waals surface area contributed by atoms with Crippen molar-refractivity contribution in [2.75, 3.05) is 0 Å². The van der Waals surface area contributed by atoms with Gasteiger partial charge in [-0.2, -0.15) is 0 Å². The Labute approximate surface area is 144 Å². The van der Waals surface area contributed by atoms with Gasteiger partial charge in [0.1, 0.15) is 18.1 Å². The van der Waals surface area contributed by atoms with Gasteiger partial charge < -0.3 is 14.6 Å². The molecule has 2 aromatic rings. The number of benzene rings is 2. The van der Waals surface area contributed by atoms with E-state index in [-0.39, 0.29) is 25.6 Å². The van der Waals surface area contributed by atoms with Crippen LogP contribution in [0, 0.1) is 6.92 Å². The van der Waals surface area contributed by atoms with E-state index in [0.717, 1.165) is 10.0 Å². The van der Waals surface area contributed by atoms with E-state index in [1.54, 1.807) is 25.1 Å². The number of carbonyl (C=O) groups excluding carboxylic acids is 1. The molecule has 0 amide bonds. The van der Waals surface area contributed by atoms with Gasteiger partial charge in [0.15, 0.2) is 0 Å². The molecule has 0 aliphatic rings. The zero-order valence-corrected chi connectivity index (χ0v) is 14.7. The predicted molar refractivity (Wildman–Crippen MR) is 91.5 cm³/mol. The van der Waals surface area contributed by atoms with Crippen molar-refractivity contribution in [1.29, 1.82) is 0 Å².